The maximum atomic E-state index is 10.0. The lowest BCUT2D eigenvalue weighted by atomic mass is 9.92. The van der Waals surface area contributed by atoms with Crippen molar-refractivity contribution in [3.05, 3.63) is 48.0 Å². The van der Waals surface area contributed by atoms with Gasteiger partial charge in [-0.1, -0.05) is 36.4 Å². The normalized spacial score (nSPS) is 32.1. The van der Waals surface area contributed by atoms with E-state index in [9.17, 15) is 10.2 Å². The topological polar surface area (TPSA) is 77.4 Å². The third kappa shape index (κ3) is 3.49. The lowest BCUT2D eigenvalue weighted by Gasteiger charge is -2.35. The van der Waals surface area contributed by atoms with Crippen LogP contribution >= 0.6 is 0 Å². The van der Waals surface area contributed by atoms with Crippen LogP contribution in [0.25, 0.3) is 10.8 Å². The summed E-state index contributed by atoms with van der Waals surface area (Å²) in [5, 5.41) is 21.8. The summed E-state index contributed by atoms with van der Waals surface area (Å²) in [5.41, 5.74) is -0.0246. The van der Waals surface area contributed by atoms with Gasteiger partial charge in [-0.25, -0.2) is 0 Å². The molecular formula is C21H26O6. The molecule has 2 aromatic carbocycles. The fraction of sp³-hybridized carbons (Fsp3) is 0.524. The van der Waals surface area contributed by atoms with Crippen LogP contribution in [0.4, 0.5) is 0 Å². The minimum Gasteiger partial charge on any atom is -0.396 e. The Hall–Kier alpha value is -1.54. The molecule has 4 atom stereocenters. The molecule has 2 aliphatic rings. The van der Waals surface area contributed by atoms with Crippen molar-refractivity contribution in [2.75, 3.05) is 13.2 Å². The molecular weight excluding hydrogens is 348 g/mol. The molecule has 2 fully saturated rings. The first-order chi connectivity index (χ1) is 13.0. The van der Waals surface area contributed by atoms with Crippen LogP contribution in [-0.2, 0) is 25.6 Å². The fourth-order valence-electron chi connectivity index (χ4n) is 4.01. The van der Waals surface area contributed by atoms with Crippen LogP contribution in [0.3, 0.4) is 0 Å². The minimum absolute atomic E-state index is 0.126. The van der Waals surface area contributed by atoms with Gasteiger partial charge in [-0.3, -0.25) is 0 Å². The van der Waals surface area contributed by atoms with Gasteiger partial charge in [0.15, 0.2) is 12.1 Å². The van der Waals surface area contributed by atoms with Gasteiger partial charge in [0, 0.05) is 13.0 Å². The molecule has 0 bridgehead atoms. The van der Waals surface area contributed by atoms with Crippen molar-refractivity contribution < 1.29 is 29.2 Å². The second-order valence-electron chi connectivity index (χ2n) is 7.70. The zero-order valence-corrected chi connectivity index (χ0v) is 15.6. The van der Waals surface area contributed by atoms with Crippen molar-refractivity contribution in [2.24, 2.45) is 0 Å². The van der Waals surface area contributed by atoms with Crippen molar-refractivity contribution in [3.8, 4) is 0 Å². The summed E-state index contributed by atoms with van der Waals surface area (Å²) in [6, 6.07) is 14.3. The van der Waals surface area contributed by atoms with Crippen molar-refractivity contribution >= 4 is 10.8 Å². The van der Waals surface area contributed by atoms with Crippen molar-refractivity contribution in [1.82, 2.24) is 0 Å². The second kappa shape index (κ2) is 7.13. The van der Waals surface area contributed by atoms with Crippen LogP contribution < -0.4 is 0 Å². The summed E-state index contributed by atoms with van der Waals surface area (Å²) in [5.74, 6) is -0.777. The number of hydrogen-bond acceptors (Lipinski definition) is 6. The van der Waals surface area contributed by atoms with Gasteiger partial charge < -0.3 is 29.2 Å². The summed E-state index contributed by atoms with van der Waals surface area (Å²) in [4.78, 5) is 0. The maximum absolute atomic E-state index is 10.0. The molecule has 0 saturated carbocycles. The summed E-state index contributed by atoms with van der Waals surface area (Å²) in [7, 11) is 0. The highest BCUT2D eigenvalue weighted by Gasteiger charge is 2.62. The molecule has 2 saturated heterocycles. The van der Waals surface area contributed by atoms with Crippen LogP contribution in [0, 0.1) is 0 Å². The second-order valence-corrected chi connectivity index (χ2v) is 7.70. The van der Waals surface area contributed by atoms with Gasteiger partial charge >= 0.3 is 0 Å². The van der Waals surface area contributed by atoms with Crippen molar-refractivity contribution in [3.63, 3.8) is 0 Å². The summed E-state index contributed by atoms with van der Waals surface area (Å²) >= 11 is 0. The van der Waals surface area contributed by atoms with Gasteiger partial charge in [-0.2, -0.15) is 0 Å². The predicted octanol–water partition coefficient (Wildman–Crippen LogP) is 2.35. The quantitative estimate of drug-likeness (QED) is 0.808. The van der Waals surface area contributed by atoms with Crippen LogP contribution in [0.1, 0.15) is 25.8 Å². The Balaban J connectivity index is 1.56. The molecule has 0 amide bonds. The Morgan fingerprint density at radius 1 is 1.00 bits per heavy atom. The molecule has 2 heterocycles. The molecule has 6 heteroatoms. The number of ether oxygens (including phenoxy) is 4. The molecule has 2 aliphatic heterocycles. The van der Waals surface area contributed by atoms with Gasteiger partial charge in [-0.15, -0.1) is 0 Å². The lowest BCUT2D eigenvalue weighted by molar-refractivity contribution is -0.254. The molecule has 27 heavy (non-hydrogen) atoms. The average molecular weight is 374 g/mol. The molecule has 4 rings (SSSR count). The van der Waals surface area contributed by atoms with Crippen LogP contribution in [0.15, 0.2) is 42.5 Å². The summed E-state index contributed by atoms with van der Waals surface area (Å²) in [6.07, 6.45) is -1.39. The zero-order chi connectivity index (χ0) is 19.1. The van der Waals surface area contributed by atoms with E-state index < -0.39 is 29.9 Å². The minimum atomic E-state index is -1.04. The largest absolute Gasteiger partial charge is 0.396 e. The number of benzene rings is 2. The van der Waals surface area contributed by atoms with E-state index >= 15 is 0 Å². The smallest absolute Gasteiger partial charge is 0.190 e. The Bertz CT molecular complexity index is 806. The number of aliphatic hydroxyl groups excluding tert-OH is 2. The molecule has 6 nitrogen and oxygen atoms in total. The van der Waals surface area contributed by atoms with E-state index in [1.807, 2.05) is 32.0 Å². The standard InChI is InChI=1S/C21H26O6/c1-20(2)25-17-18(21(13-23,9-10-22)27-19(17)26-20)24-12-14-7-8-15-5-3-4-6-16(15)11-14/h3-8,11,17-19,22-23H,9-10,12-13H2,1-2H3. The molecule has 0 spiro atoms. The third-order valence-electron chi connectivity index (χ3n) is 5.30. The van der Waals surface area contributed by atoms with E-state index in [2.05, 4.69) is 24.3 Å². The van der Waals surface area contributed by atoms with Crippen LogP contribution in [0.5, 0.6) is 0 Å². The summed E-state index contributed by atoms with van der Waals surface area (Å²) < 4.78 is 24.0. The molecule has 2 N–H and O–H groups in total. The van der Waals surface area contributed by atoms with E-state index in [4.69, 9.17) is 18.9 Å². The first kappa shape index (κ1) is 18.8. The first-order valence-electron chi connectivity index (χ1n) is 9.31. The zero-order valence-electron chi connectivity index (χ0n) is 15.6. The number of aliphatic hydroxyl groups is 2. The predicted molar refractivity (Wildman–Crippen MR) is 99.0 cm³/mol. The van der Waals surface area contributed by atoms with Gasteiger partial charge in [-0.05, 0) is 36.2 Å². The summed E-state index contributed by atoms with van der Waals surface area (Å²) in [6.45, 7) is 3.58. The van der Waals surface area contributed by atoms with Gasteiger partial charge in [0.25, 0.3) is 0 Å². The first-order valence-corrected chi connectivity index (χ1v) is 9.31. The van der Waals surface area contributed by atoms with E-state index in [1.54, 1.807) is 0 Å². The Morgan fingerprint density at radius 3 is 2.52 bits per heavy atom. The number of fused-ring (bicyclic) bond motifs is 2. The third-order valence-corrected chi connectivity index (χ3v) is 5.30. The van der Waals surface area contributed by atoms with E-state index in [1.165, 1.54) is 5.39 Å². The monoisotopic (exact) mass is 374 g/mol. The van der Waals surface area contributed by atoms with Crippen LogP contribution in [-0.4, -0.2) is 53.3 Å². The Labute approximate surface area is 158 Å². The fourth-order valence-corrected chi connectivity index (χ4v) is 4.01. The van der Waals surface area contributed by atoms with E-state index in [0.29, 0.717) is 6.61 Å². The van der Waals surface area contributed by atoms with E-state index in [0.717, 1.165) is 10.9 Å². The Kier molecular flexibility index (Phi) is 4.96. The highest BCUT2D eigenvalue weighted by molar-refractivity contribution is 5.82. The SMILES string of the molecule is CC1(C)OC2OC(CO)(CCO)C(OCc3ccc4ccccc4c3)C2O1. The molecule has 0 aromatic heterocycles. The molecule has 2 aromatic rings. The molecule has 4 unspecified atom stereocenters. The lowest BCUT2D eigenvalue weighted by Crippen LogP contribution is -2.50. The maximum Gasteiger partial charge on any atom is 0.190 e. The van der Waals surface area contributed by atoms with Crippen molar-refractivity contribution in [1.29, 1.82) is 0 Å². The van der Waals surface area contributed by atoms with Gasteiger partial charge in [0.2, 0.25) is 0 Å². The molecule has 146 valence electrons. The number of rotatable bonds is 6. The Morgan fingerprint density at radius 2 is 1.78 bits per heavy atom. The van der Waals surface area contributed by atoms with E-state index in [-0.39, 0.29) is 19.6 Å². The number of hydrogen-bond donors (Lipinski definition) is 2. The van der Waals surface area contributed by atoms with Gasteiger partial charge in [0.05, 0.1) is 13.2 Å². The molecule has 0 radical (unpaired) electrons. The van der Waals surface area contributed by atoms with Crippen molar-refractivity contribution in [2.45, 2.75) is 56.8 Å². The highest BCUT2D eigenvalue weighted by Crippen LogP contribution is 2.45. The van der Waals surface area contributed by atoms with Gasteiger partial charge in [0.1, 0.15) is 17.8 Å². The molecule has 0 aliphatic carbocycles. The average Bonchev–Trinajstić information content (AvgIpc) is 3.09. The highest BCUT2D eigenvalue weighted by atomic mass is 16.8. The van der Waals surface area contributed by atoms with Crippen LogP contribution in [0.2, 0.25) is 0 Å².